The lowest BCUT2D eigenvalue weighted by Crippen LogP contribution is -2.55. The Kier molecular flexibility index (Phi) is 5.80. The summed E-state index contributed by atoms with van der Waals surface area (Å²) in [5, 5.41) is 21.4. The molecule has 2 N–H and O–H groups in total. The molecule has 3 heteroatoms. The predicted molar refractivity (Wildman–Crippen MR) is 121 cm³/mol. The van der Waals surface area contributed by atoms with Crippen LogP contribution in [0.15, 0.2) is 11.6 Å². The van der Waals surface area contributed by atoms with Crippen LogP contribution in [0.3, 0.4) is 0 Å². The van der Waals surface area contributed by atoms with E-state index in [1.165, 1.54) is 37.7 Å². The molecule has 8 atom stereocenters. The molecule has 0 radical (unpaired) electrons. The molecule has 0 aromatic rings. The second kappa shape index (κ2) is 7.73. The van der Waals surface area contributed by atoms with Gasteiger partial charge in [-0.05, 0) is 105 Å². The summed E-state index contributed by atoms with van der Waals surface area (Å²) in [6, 6.07) is 0. The first-order valence-electron chi connectivity index (χ1n) is 12.6. The van der Waals surface area contributed by atoms with Gasteiger partial charge in [0.1, 0.15) is 0 Å². The molecule has 3 nitrogen and oxygen atoms in total. The number of carbonyl (C=O) groups is 1. The highest BCUT2D eigenvalue weighted by Crippen LogP contribution is 2.67. The number of rotatable bonds is 5. The number of carbonyl (C=O) groups excluding carboxylic acids is 1. The zero-order valence-corrected chi connectivity index (χ0v) is 19.9. The summed E-state index contributed by atoms with van der Waals surface area (Å²) in [6.45, 7) is 11.2. The molecule has 0 heterocycles. The minimum atomic E-state index is -0.561. The van der Waals surface area contributed by atoms with E-state index < -0.39 is 5.60 Å². The van der Waals surface area contributed by atoms with Crippen LogP contribution in [-0.2, 0) is 4.79 Å². The monoisotopic (exact) mass is 416 g/mol. The van der Waals surface area contributed by atoms with Crippen LogP contribution in [0.25, 0.3) is 0 Å². The molecule has 0 saturated heterocycles. The first kappa shape index (κ1) is 22.5. The van der Waals surface area contributed by atoms with Crippen LogP contribution in [0.5, 0.6) is 0 Å². The van der Waals surface area contributed by atoms with Gasteiger partial charge in [-0.25, -0.2) is 0 Å². The molecule has 3 fully saturated rings. The summed E-state index contributed by atoms with van der Waals surface area (Å²) in [6.07, 6.45) is 12.1. The van der Waals surface area contributed by atoms with Crippen LogP contribution in [0, 0.1) is 40.4 Å². The fraction of sp³-hybridized carbons (Fsp3) is 0.889. The van der Waals surface area contributed by atoms with Crippen molar-refractivity contribution in [3.63, 3.8) is 0 Å². The summed E-state index contributed by atoms with van der Waals surface area (Å²) < 4.78 is 0. The Morgan fingerprint density at radius 3 is 2.60 bits per heavy atom. The molecule has 1 unspecified atom stereocenters. The summed E-state index contributed by atoms with van der Waals surface area (Å²) in [5.41, 5.74) is 1.13. The number of ketones is 1. The molecule has 0 aromatic carbocycles. The Morgan fingerprint density at radius 1 is 1.17 bits per heavy atom. The SMILES string of the molecule is C[C@H](CCCC(C)(C)O)[C@H]1CC[C@H]2[C@@H]3C(O)CC4=CC(=O)CC[C@]4(C)[C@H]3CC[C@]12C. The first-order chi connectivity index (χ1) is 14.0. The zero-order chi connectivity index (χ0) is 21.9. The maximum absolute atomic E-state index is 12.1. The van der Waals surface area contributed by atoms with Gasteiger partial charge in [0.25, 0.3) is 0 Å². The van der Waals surface area contributed by atoms with Crippen molar-refractivity contribution < 1.29 is 15.0 Å². The van der Waals surface area contributed by atoms with Crippen molar-refractivity contribution in [3.8, 4) is 0 Å². The van der Waals surface area contributed by atoms with Crippen molar-refractivity contribution in [3.05, 3.63) is 11.6 Å². The molecule has 0 aliphatic heterocycles. The summed E-state index contributed by atoms with van der Waals surface area (Å²) in [7, 11) is 0. The van der Waals surface area contributed by atoms with E-state index in [1.807, 2.05) is 19.9 Å². The standard InChI is InChI=1S/C27H44O3/c1-17(7-6-12-25(2,3)30)20-8-9-21-24-22(11-14-27(20,21)5)26(4)13-10-19(28)15-18(26)16-23(24)29/h15,17,20-24,29-30H,6-14,16H2,1-5H3/t17-,20-,21+,22+,23?,24+,26+,27-/m1/s1. The van der Waals surface area contributed by atoms with E-state index in [-0.39, 0.29) is 17.3 Å². The third kappa shape index (κ3) is 3.72. The summed E-state index contributed by atoms with van der Waals surface area (Å²) in [4.78, 5) is 12.1. The average Bonchev–Trinajstić information content (AvgIpc) is 2.99. The molecule has 4 rings (SSSR count). The van der Waals surface area contributed by atoms with Gasteiger partial charge in [0.05, 0.1) is 11.7 Å². The van der Waals surface area contributed by atoms with Gasteiger partial charge in [-0.15, -0.1) is 0 Å². The van der Waals surface area contributed by atoms with Crippen LogP contribution in [-0.4, -0.2) is 27.7 Å². The molecule has 0 amide bonds. The first-order valence-corrected chi connectivity index (χ1v) is 12.6. The maximum atomic E-state index is 12.1. The zero-order valence-electron chi connectivity index (χ0n) is 19.9. The van der Waals surface area contributed by atoms with Crippen molar-refractivity contribution in [2.75, 3.05) is 0 Å². The molecule has 4 aliphatic carbocycles. The van der Waals surface area contributed by atoms with Gasteiger partial charge in [0, 0.05) is 6.42 Å². The van der Waals surface area contributed by atoms with Crippen LogP contribution in [0.1, 0.15) is 98.8 Å². The summed E-state index contributed by atoms with van der Waals surface area (Å²) in [5.74, 6) is 3.21. The average molecular weight is 417 g/mol. The minimum Gasteiger partial charge on any atom is -0.392 e. The Bertz CT molecular complexity index is 703. The molecule has 4 aliphatic rings. The third-order valence-electron chi connectivity index (χ3n) is 10.2. The molecule has 0 bridgehead atoms. The lowest BCUT2D eigenvalue weighted by atomic mass is 9.45. The van der Waals surface area contributed by atoms with Crippen LogP contribution < -0.4 is 0 Å². The fourth-order valence-corrected chi connectivity index (χ4v) is 8.56. The van der Waals surface area contributed by atoms with E-state index in [4.69, 9.17) is 0 Å². The smallest absolute Gasteiger partial charge is 0.155 e. The third-order valence-corrected chi connectivity index (χ3v) is 10.2. The number of hydrogen-bond donors (Lipinski definition) is 2. The van der Waals surface area contributed by atoms with Gasteiger partial charge < -0.3 is 10.2 Å². The van der Waals surface area contributed by atoms with Gasteiger partial charge in [-0.2, -0.15) is 0 Å². The lowest BCUT2D eigenvalue weighted by Gasteiger charge is -2.60. The van der Waals surface area contributed by atoms with Crippen molar-refractivity contribution in [1.29, 1.82) is 0 Å². The highest BCUT2D eigenvalue weighted by molar-refractivity contribution is 5.91. The van der Waals surface area contributed by atoms with Crippen molar-refractivity contribution in [1.82, 2.24) is 0 Å². The van der Waals surface area contributed by atoms with Gasteiger partial charge >= 0.3 is 0 Å². The van der Waals surface area contributed by atoms with Crippen LogP contribution in [0.4, 0.5) is 0 Å². The number of hydrogen-bond acceptors (Lipinski definition) is 3. The second-order valence-corrected chi connectivity index (χ2v) is 12.5. The molecule has 30 heavy (non-hydrogen) atoms. The second-order valence-electron chi connectivity index (χ2n) is 12.5. The fourth-order valence-electron chi connectivity index (χ4n) is 8.56. The van der Waals surface area contributed by atoms with E-state index in [0.717, 1.165) is 25.2 Å². The largest absolute Gasteiger partial charge is 0.392 e. The predicted octanol–water partition coefficient (Wildman–Crippen LogP) is 5.68. The normalized spacial score (nSPS) is 44.7. The van der Waals surface area contributed by atoms with Crippen molar-refractivity contribution in [2.45, 2.75) is 111 Å². The van der Waals surface area contributed by atoms with Crippen molar-refractivity contribution in [2.24, 2.45) is 40.4 Å². The van der Waals surface area contributed by atoms with E-state index >= 15 is 0 Å². The molecular weight excluding hydrogens is 372 g/mol. The molecule has 170 valence electrons. The Morgan fingerprint density at radius 2 is 1.90 bits per heavy atom. The highest BCUT2D eigenvalue weighted by Gasteiger charge is 2.61. The van der Waals surface area contributed by atoms with Gasteiger partial charge in [0.2, 0.25) is 0 Å². The molecule has 0 spiro atoms. The van der Waals surface area contributed by atoms with E-state index in [9.17, 15) is 15.0 Å². The quantitative estimate of drug-likeness (QED) is 0.606. The highest BCUT2D eigenvalue weighted by atomic mass is 16.3. The van der Waals surface area contributed by atoms with Crippen molar-refractivity contribution >= 4 is 5.78 Å². The van der Waals surface area contributed by atoms with Gasteiger partial charge in [-0.1, -0.05) is 39.2 Å². The lowest BCUT2D eigenvalue weighted by molar-refractivity contribution is -0.124. The Labute approximate surface area is 183 Å². The van der Waals surface area contributed by atoms with E-state index in [1.54, 1.807) is 0 Å². The van der Waals surface area contributed by atoms with Gasteiger partial charge in [0.15, 0.2) is 5.78 Å². The van der Waals surface area contributed by atoms with Gasteiger partial charge in [-0.3, -0.25) is 4.79 Å². The number of fused-ring (bicyclic) bond motifs is 5. The number of aliphatic hydroxyl groups is 2. The van der Waals surface area contributed by atoms with Crippen LogP contribution in [0.2, 0.25) is 0 Å². The molecule has 3 saturated carbocycles. The Balaban J connectivity index is 1.52. The van der Waals surface area contributed by atoms with E-state index in [0.29, 0.717) is 41.9 Å². The summed E-state index contributed by atoms with van der Waals surface area (Å²) >= 11 is 0. The van der Waals surface area contributed by atoms with E-state index in [2.05, 4.69) is 20.8 Å². The topological polar surface area (TPSA) is 57.5 Å². The van der Waals surface area contributed by atoms with Crippen LogP contribution >= 0.6 is 0 Å². The molecule has 0 aromatic heterocycles. The number of aliphatic hydroxyl groups excluding tert-OH is 1. The Hall–Kier alpha value is -0.670. The maximum Gasteiger partial charge on any atom is 0.155 e. The molecular formula is C27H44O3. The minimum absolute atomic E-state index is 0.121.